The van der Waals surface area contributed by atoms with Gasteiger partial charge in [0.2, 0.25) is 0 Å². The number of rotatable bonds is 3. The Morgan fingerprint density at radius 1 is 1.18 bits per heavy atom. The fraction of sp³-hybridized carbons (Fsp3) is 0.143. The zero-order valence-electron chi connectivity index (χ0n) is 9.61. The van der Waals surface area contributed by atoms with Gasteiger partial charge in [-0.2, -0.15) is 0 Å². The lowest BCUT2D eigenvalue weighted by atomic mass is 10.1. The molecule has 0 atom stereocenters. The van der Waals surface area contributed by atoms with Gasteiger partial charge in [0.05, 0.1) is 5.02 Å². The van der Waals surface area contributed by atoms with E-state index in [1.165, 1.54) is 5.56 Å². The zero-order valence-corrected chi connectivity index (χ0v) is 10.4. The molecule has 88 valence electrons. The normalized spacial score (nSPS) is 10.2. The summed E-state index contributed by atoms with van der Waals surface area (Å²) in [4.78, 5) is 0. The number of ether oxygens (including phenoxy) is 1. The predicted octanol–water partition coefficient (Wildman–Crippen LogP) is 3.81. The minimum absolute atomic E-state index is 0.505. The Labute approximate surface area is 106 Å². The van der Waals surface area contributed by atoms with Gasteiger partial charge in [-0.15, -0.1) is 0 Å². The van der Waals surface area contributed by atoms with Crippen LogP contribution in [0.2, 0.25) is 5.02 Å². The standard InChI is InChI=1S/C14H14ClNO/c1-10-3-2-4-11(7-10)9-17-14-6-5-12(16)8-13(14)15/h2-8H,9,16H2,1H3. The minimum Gasteiger partial charge on any atom is -0.487 e. The summed E-state index contributed by atoms with van der Waals surface area (Å²) in [6, 6.07) is 13.4. The summed E-state index contributed by atoms with van der Waals surface area (Å²) >= 11 is 6.02. The van der Waals surface area contributed by atoms with E-state index in [4.69, 9.17) is 22.1 Å². The molecule has 2 aromatic carbocycles. The van der Waals surface area contributed by atoms with Crippen molar-refractivity contribution in [2.24, 2.45) is 0 Å². The highest BCUT2D eigenvalue weighted by Gasteiger charge is 2.02. The Bertz CT molecular complexity index is 525. The van der Waals surface area contributed by atoms with E-state index >= 15 is 0 Å². The monoisotopic (exact) mass is 247 g/mol. The molecule has 0 amide bonds. The molecule has 0 bridgehead atoms. The maximum absolute atomic E-state index is 6.02. The van der Waals surface area contributed by atoms with Crippen molar-refractivity contribution in [1.29, 1.82) is 0 Å². The maximum atomic E-state index is 6.02. The van der Waals surface area contributed by atoms with Crippen LogP contribution in [-0.2, 0) is 6.61 Å². The fourth-order valence-electron chi connectivity index (χ4n) is 1.60. The van der Waals surface area contributed by atoms with Crippen molar-refractivity contribution in [3.63, 3.8) is 0 Å². The van der Waals surface area contributed by atoms with Crippen LogP contribution in [0.15, 0.2) is 42.5 Å². The third-order valence-electron chi connectivity index (χ3n) is 2.43. The molecule has 0 aliphatic carbocycles. The average Bonchev–Trinajstić information content (AvgIpc) is 2.28. The molecule has 0 saturated carbocycles. The molecule has 2 aromatic rings. The van der Waals surface area contributed by atoms with Crippen LogP contribution in [0.1, 0.15) is 11.1 Å². The lowest BCUT2D eigenvalue weighted by Gasteiger charge is -2.09. The van der Waals surface area contributed by atoms with Crippen LogP contribution in [0.4, 0.5) is 5.69 Å². The number of nitrogens with two attached hydrogens (primary N) is 1. The Morgan fingerprint density at radius 2 is 2.00 bits per heavy atom. The summed E-state index contributed by atoms with van der Waals surface area (Å²) in [6.07, 6.45) is 0. The first-order chi connectivity index (χ1) is 8.15. The third-order valence-corrected chi connectivity index (χ3v) is 2.73. The summed E-state index contributed by atoms with van der Waals surface area (Å²) in [5.74, 6) is 0.655. The van der Waals surface area contributed by atoms with Crippen molar-refractivity contribution in [3.05, 3.63) is 58.6 Å². The molecule has 0 heterocycles. The van der Waals surface area contributed by atoms with E-state index in [0.29, 0.717) is 23.1 Å². The lowest BCUT2D eigenvalue weighted by molar-refractivity contribution is 0.306. The van der Waals surface area contributed by atoms with Crippen LogP contribution in [-0.4, -0.2) is 0 Å². The summed E-state index contributed by atoms with van der Waals surface area (Å²) < 4.78 is 5.65. The number of anilines is 1. The van der Waals surface area contributed by atoms with Gasteiger partial charge >= 0.3 is 0 Å². The van der Waals surface area contributed by atoms with Crippen molar-refractivity contribution < 1.29 is 4.74 Å². The molecule has 0 aliphatic heterocycles. The van der Waals surface area contributed by atoms with E-state index in [1.54, 1.807) is 18.2 Å². The predicted molar refractivity (Wildman–Crippen MR) is 71.4 cm³/mol. The van der Waals surface area contributed by atoms with Crippen molar-refractivity contribution in [3.8, 4) is 5.75 Å². The van der Waals surface area contributed by atoms with Crippen LogP contribution < -0.4 is 10.5 Å². The molecule has 0 spiro atoms. The van der Waals surface area contributed by atoms with E-state index in [-0.39, 0.29) is 0 Å². The van der Waals surface area contributed by atoms with Crippen LogP contribution in [0.5, 0.6) is 5.75 Å². The quantitative estimate of drug-likeness (QED) is 0.837. The van der Waals surface area contributed by atoms with Crippen LogP contribution >= 0.6 is 11.6 Å². The fourth-order valence-corrected chi connectivity index (χ4v) is 1.84. The minimum atomic E-state index is 0.505. The maximum Gasteiger partial charge on any atom is 0.138 e. The second kappa shape index (κ2) is 5.11. The van der Waals surface area contributed by atoms with E-state index in [9.17, 15) is 0 Å². The molecular formula is C14H14ClNO. The molecular weight excluding hydrogens is 234 g/mol. The number of hydrogen-bond acceptors (Lipinski definition) is 2. The first-order valence-corrected chi connectivity index (χ1v) is 5.76. The average molecular weight is 248 g/mol. The van der Waals surface area contributed by atoms with E-state index in [2.05, 4.69) is 19.1 Å². The Kier molecular flexibility index (Phi) is 3.55. The summed E-state index contributed by atoms with van der Waals surface area (Å²) in [5, 5.41) is 0.539. The molecule has 0 unspecified atom stereocenters. The SMILES string of the molecule is Cc1cccc(COc2ccc(N)cc2Cl)c1. The highest BCUT2D eigenvalue weighted by Crippen LogP contribution is 2.27. The Hall–Kier alpha value is -1.67. The second-order valence-corrected chi connectivity index (χ2v) is 4.37. The molecule has 2 N–H and O–H groups in total. The van der Waals surface area contributed by atoms with E-state index < -0.39 is 0 Å². The highest BCUT2D eigenvalue weighted by molar-refractivity contribution is 6.32. The van der Waals surface area contributed by atoms with Gasteiger partial charge in [-0.05, 0) is 30.7 Å². The van der Waals surface area contributed by atoms with Gasteiger partial charge in [0.25, 0.3) is 0 Å². The molecule has 2 nitrogen and oxygen atoms in total. The van der Waals surface area contributed by atoms with Gasteiger partial charge in [0.1, 0.15) is 12.4 Å². The van der Waals surface area contributed by atoms with Crippen molar-refractivity contribution in [2.45, 2.75) is 13.5 Å². The zero-order chi connectivity index (χ0) is 12.3. The van der Waals surface area contributed by atoms with Crippen LogP contribution in [0, 0.1) is 6.92 Å². The number of aryl methyl sites for hydroxylation is 1. The topological polar surface area (TPSA) is 35.2 Å². The first kappa shape index (κ1) is 11.8. The number of hydrogen-bond donors (Lipinski definition) is 1. The molecule has 3 heteroatoms. The van der Waals surface area contributed by atoms with Gasteiger partial charge in [-0.3, -0.25) is 0 Å². The highest BCUT2D eigenvalue weighted by atomic mass is 35.5. The smallest absolute Gasteiger partial charge is 0.138 e. The van der Waals surface area contributed by atoms with E-state index in [0.717, 1.165) is 5.56 Å². The number of halogens is 1. The molecule has 2 rings (SSSR count). The van der Waals surface area contributed by atoms with Crippen LogP contribution in [0.25, 0.3) is 0 Å². The van der Waals surface area contributed by atoms with Crippen LogP contribution in [0.3, 0.4) is 0 Å². The van der Waals surface area contributed by atoms with Crippen molar-refractivity contribution in [1.82, 2.24) is 0 Å². The molecule has 0 aliphatic rings. The van der Waals surface area contributed by atoms with E-state index in [1.807, 2.05) is 12.1 Å². The van der Waals surface area contributed by atoms with Gasteiger partial charge in [-0.1, -0.05) is 41.4 Å². The largest absolute Gasteiger partial charge is 0.487 e. The summed E-state index contributed by atoms with van der Waals surface area (Å²) in [7, 11) is 0. The number of benzene rings is 2. The van der Waals surface area contributed by atoms with Gasteiger partial charge in [0.15, 0.2) is 0 Å². The molecule has 0 aromatic heterocycles. The summed E-state index contributed by atoms with van der Waals surface area (Å²) in [6.45, 7) is 2.56. The van der Waals surface area contributed by atoms with Crippen molar-refractivity contribution in [2.75, 3.05) is 5.73 Å². The second-order valence-electron chi connectivity index (χ2n) is 3.97. The van der Waals surface area contributed by atoms with Gasteiger partial charge in [-0.25, -0.2) is 0 Å². The molecule has 0 fully saturated rings. The number of nitrogen functional groups attached to an aromatic ring is 1. The molecule has 0 saturated heterocycles. The molecule has 17 heavy (non-hydrogen) atoms. The first-order valence-electron chi connectivity index (χ1n) is 5.38. The third kappa shape index (κ3) is 3.14. The van der Waals surface area contributed by atoms with Crippen molar-refractivity contribution >= 4 is 17.3 Å². The van der Waals surface area contributed by atoms with Gasteiger partial charge < -0.3 is 10.5 Å². The summed E-state index contributed by atoms with van der Waals surface area (Å²) in [5.41, 5.74) is 8.59. The lowest BCUT2D eigenvalue weighted by Crippen LogP contribution is -1.96. The molecule has 0 radical (unpaired) electrons. The Balaban J connectivity index is 2.07. The van der Waals surface area contributed by atoms with Gasteiger partial charge in [0, 0.05) is 5.69 Å². The Morgan fingerprint density at radius 3 is 2.71 bits per heavy atom.